The highest BCUT2D eigenvalue weighted by atomic mass is 19.4. The third-order valence-corrected chi connectivity index (χ3v) is 3.33. The fraction of sp³-hybridized carbons (Fsp3) is 0.500. The molecule has 0 radical (unpaired) electrons. The van der Waals surface area contributed by atoms with Gasteiger partial charge in [0.05, 0.1) is 0 Å². The molecule has 0 saturated carbocycles. The molecular formula is C14H16F3NO2. The van der Waals surface area contributed by atoms with Crippen molar-refractivity contribution >= 4 is 5.78 Å². The van der Waals surface area contributed by atoms with Gasteiger partial charge in [0.25, 0.3) is 0 Å². The Hall–Kier alpha value is -1.56. The fourth-order valence-electron chi connectivity index (χ4n) is 2.30. The van der Waals surface area contributed by atoms with Gasteiger partial charge in [0.1, 0.15) is 11.5 Å². The third kappa shape index (κ3) is 4.52. The molecule has 0 aliphatic carbocycles. The zero-order valence-corrected chi connectivity index (χ0v) is 10.9. The van der Waals surface area contributed by atoms with E-state index in [2.05, 4.69) is 10.1 Å². The van der Waals surface area contributed by atoms with Crippen molar-refractivity contribution in [2.45, 2.75) is 25.6 Å². The molecule has 1 heterocycles. The van der Waals surface area contributed by atoms with Gasteiger partial charge < -0.3 is 10.1 Å². The normalized spacial score (nSPS) is 16.9. The van der Waals surface area contributed by atoms with E-state index < -0.39 is 6.36 Å². The molecule has 0 spiro atoms. The van der Waals surface area contributed by atoms with Crippen LogP contribution in [0, 0.1) is 5.92 Å². The lowest BCUT2D eigenvalue weighted by atomic mass is 9.90. The molecule has 0 bridgehead atoms. The van der Waals surface area contributed by atoms with Gasteiger partial charge in [-0.3, -0.25) is 4.79 Å². The van der Waals surface area contributed by atoms with Crippen LogP contribution in [0.1, 0.15) is 18.4 Å². The number of carbonyl (C=O) groups excluding carboxylic acids is 1. The standard InChI is InChI=1S/C14H16F3NO2/c15-14(16,17)20-12-3-1-10(2-4-12)9-13(19)11-5-7-18-8-6-11/h1-4,11,18H,5-9H2. The van der Waals surface area contributed by atoms with Gasteiger partial charge in [-0.15, -0.1) is 13.2 Å². The van der Waals surface area contributed by atoms with Gasteiger partial charge in [0.2, 0.25) is 0 Å². The first-order valence-electron chi connectivity index (χ1n) is 6.52. The van der Waals surface area contributed by atoms with E-state index >= 15 is 0 Å². The minimum absolute atomic E-state index is 0.0577. The van der Waals surface area contributed by atoms with Crippen molar-refractivity contribution in [1.82, 2.24) is 5.32 Å². The minimum Gasteiger partial charge on any atom is -0.406 e. The van der Waals surface area contributed by atoms with Gasteiger partial charge in [-0.1, -0.05) is 12.1 Å². The monoisotopic (exact) mass is 287 g/mol. The van der Waals surface area contributed by atoms with E-state index in [1.54, 1.807) is 0 Å². The Labute approximate surface area is 115 Å². The Bertz CT molecular complexity index is 450. The fourth-order valence-corrected chi connectivity index (χ4v) is 2.30. The molecule has 0 atom stereocenters. The maximum atomic E-state index is 12.0. The smallest absolute Gasteiger partial charge is 0.406 e. The number of ether oxygens (including phenoxy) is 1. The van der Waals surface area contributed by atoms with Crippen molar-refractivity contribution in [3.05, 3.63) is 29.8 Å². The highest BCUT2D eigenvalue weighted by Crippen LogP contribution is 2.23. The summed E-state index contributed by atoms with van der Waals surface area (Å²) in [7, 11) is 0. The summed E-state index contributed by atoms with van der Waals surface area (Å²) >= 11 is 0. The van der Waals surface area contributed by atoms with E-state index in [4.69, 9.17) is 0 Å². The number of nitrogens with one attached hydrogen (secondary N) is 1. The average Bonchev–Trinajstić information content (AvgIpc) is 2.40. The molecular weight excluding hydrogens is 271 g/mol. The van der Waals surface area contributed by atoms with Crippen molar-refractivity contribution in [3.8, 4) is 5.75 Å². The summed E-state index contributed by atoms with van der Waals surface area (Å²) in [5.74, 6) is -0.0612. The number of carbonyl (C=O) groups is 1. The second-order valence-corrected chi connectivity index (χ2v) is 4.86. The van der Waals surface area contributed by atoms with Crippen LogP contribution in [0.25, 0.3) is 0 Å². The second kappa shape index (κ2) is 6.26. The summed E-state index contributed by atoms with van der Waals surface area (Å²) in [6.07, 6.45) is -2.77. The molecule has 0 amide bonds. The molecule has 1 aromatic carbocycles. The molecule has 1 aliphatic heterocycles. The molecule has 0 unspecified atom stereocenters. The Kier molecular flexibility index (Phi) is 4.65. The van der Waals surface area contributed by atoms with E-state index in [9.17, 15) is 18.0 Å². The molecule has 110 valence electrons. The van der Waals surface area contributed by atoms with E-state index in [1.807, 2.05) is 0 Å². The van der Waals surface area contributed by atoms with Crippen LogP contribution in [-0.4, -0.2) is 25.2 Å². The van der Waals surface area contributed by atoms with Gasteiger partial charge in [-0.05, 0) is 43.6 Å². The van der Waals surface area contributed by atoms with Crippen LogP contribution in [0.15, 0.2) is 24.3 Å². The summed E-state index contributed by atoms with van der Waals surface area (Å²) in [4.78, 5) is 12.0. The van der Waals surface area contributed by atoms with Crippen LogP contribution < -0.4 is 10.1 Å². The molecule has 6 heteroatoms. The van der Waals surface area contributed by atoms with Crippen LogP contribution in [0.4, 0.5) is 13.2 Å². The quantitative estimate of drug-likeness (QED) is 0.925. The van der Waals surface area contributed by atoms with Crippen molar-refractivity contribution in [3.63, 3.8) is 0 Å². The maximum Gasteiger partial charge on any atom is 0.573 e. The Morgan fingerprint density at radius 1 is 1.20 bits per heavy atom. The molecule has 0 aromatic heterocycles. The topological polar surface area (TPSA) is 38.3 Å². The third-order valence-electron chi connectivity index (χ3n) is 3.33. The number of rotatable bonds is 4. The number of ketones is 1. The molecule has 20 heavy (non-hydrogen) atoms. The van der Waals surface area contributed by atoms with Gasteiger partial charge in [-0.2, -0.15) is 0 Å². The van der Waals surface area contributed by atoms with Crippen molar-refractivity contribution in [2.24, 2.45) is 5.92 Å². The van der Waals surface area contributed by atoms with E-state index in [0.717, 1.165) is 25.9 Å². The molecule has 1 aromatic rings. The molecule has 2 rings (SSSR count). The molecule has 1 N–H and O–H groups in total. The van der Waals surface area contributed by atoms with Gasteiger partial charge >= 0.3 is 6.36 Å². The molecule has 1 aliphatic rings. The molecule has 1 saturated heterocycles. The highest BCUT2D eigenvalue weighted by molar-refractivity contribution is 5.83. The Balaban J connectivity index is 1.91. The van der Waals surface area contributed by atoms with E-state index in [0.29, 0.717) is 5.56 Å². The predicted octanol–water partition coefficient (Wildman–Crippen LogP) is 2.70. The summed E-state index contributed by atoms with van der Waals surface area (Å²) in [6.45, 7) is 1.68. The lowest BCUT2D eigenvalue weighted by molar-refractivity contribution is -0.274. The Morgan fingerprint density at radius 2 is 1.80 bits per heavy atom. The maximum absolute atomic E-state index is 12.0. The number of alkyl halides is 3. The largest absolute Gasteiger partial charge is 0.573 e. The number of Topliss-reactive ketones (excluding diaryl/α,β-unsaturated/α-hetero) is 1. The molecule has 3 nitrogen and oxygen atoms in total. The number of halogens is 3. The SMILES string of the molecule is O=C(Cc1ccc(OC(F)(F)F)cc1)C1CCNCC1. The van der Waals surface area contributed by atoms with Crippen molar-refractivity contribution in [2.75, 3.05) is 13.1 Å². The minimum atomic E-state index is -4.69. The zero-order valence-electron chi connectivity index (χ0n) is 10.9. The van der Waals surface area contributed by atoms with Crippen LogP contribution in [-0.2, 0) is 11.2 Å². The zero-order chi connectivity index (χ0) is 14.6. The first-order chi connectivity index (χ1) is 9.44. The first kappa shape index (κ1) is 14.8. The lowest BCUT2D eigenvalue weighted by Gasteiger charge is -2.21. The highest BCUT2D eigenvalue weighted by Gasteiger charge is 2.31. The summed E-state index contributed by atoms with van der Waals surface area (Å²) in [5, 5.41) is 3.19. The lowest BCUT2D eigenvalue weighted by Crippen LogP contribution is -2.32. The van der Waals surface area contributed by atoms with E-state index in [1.165, 1.54) is 24.3 Å². The summed E-state index contributed by atoms with van der Waals surface area (Å²) in [5.41, 5.74) is 0.711. The van der Waals surface area contributed by atoms with Crippen LogP contribution in [0.2, 0.25) is 0 Å². The van der Waals surface area contributed by atoms with Gasteiger partial charge in [0.15, 0.2) is 0 Å². The first-order valence-corrected chi connectivity index (χ1v) is 6.52. The molecule has 1 fully saturated rings. The second-order valence-electron chi connectivity index (χ2n) is 4.86. The van der Waals surface area contributed by atoms with Crippen molar-refractivity contribution < 1.29 is 22.7 Å². The van der Waals surface area contributed by atoms with Crippen LogP contribution in [0.3, 0.4) is 0 Å². The summed E-state index contributed by atoms with van der Waals surface area (Å²) < 4.78 is 39.8. The summed E-state index contributed by atoms with van der Waals surface area (Å²) in [6, 6.07) is 5.47. The number of hydrogen-bond acceptors (Lipinski definition) is 3. The van der Waals surface area contributed by atoms with Crippen LogP contribution in [0.5, 0.6) is 5.75 Å². The number of piperidine rings is 1. The van der Waals surface area contributed by atoms with Gasteiger partial charge in [-0.25, -0.2) is 0 Å². The van der Waals surface area contributed by atoms with E-state index in [-0.39, 0.29) is 23.9 Å². The van der Waals surface area contributed by atoms with Gasteiger partial charge in [0, 0.05) is 12.3 Å². The number of hydrogen-bond donors (Lipinski definition) is 1. The van der Waals surface area contributed by atoms with Crippen molar-refractivity contribution in [1.29, 1.82) is 0 Å². The van der Waals surface area contributed by atoms with Crippen LogP contribution >= 0.6 is 0 Å². The predicted molar refractivity (Wildman–Crippen MR) is 67.4 cm³/mol. The number of benzene rings is 1. The average molecular weight is 287 g/mol. The Morgan fingerprint density at radius 3 is 2.35 bits per heavy atom.